The van der Waals surface area contributed by atoms with Gasteiger partial charge in [0.1, 0.15) is 6.61 Å². The summed E-state index contributed by atoms with van der Waals surface area (Å²) >= 11 is 0. The summed E-state index contributed by atoms with van der Waals surface area (Å²) in [6.07, 6.45) is 3.98. The van der Waals surface area contributed by atoms with Crippen LogP contribution in [0.15, 0.2) is 66.4 Å². The Kier molecular flexibility index (Phi) is 7.01. The molecule has 23 heavy (non-hydrogen) atoms. The molecule has 4 heteroatoms. The van der Waals surface area contributed by atoms with E-state index in [2.05, 4.69) is 4.98 Å². The van der Waals surface area contributed by atoms with Crippen LogP contribution >= 0.6 is 0 Å². The molecule has 120 valence electrons. The fourth-order valence-corrected chi connectivity index (χ4v) is 2.03. The molecular formula is C19H21NO3. The zero-order valence-electron chi connectivity index (χ0n) is 13.3. The molecule has 2 rings (SSSR count). The highest BCUT2D eigenvalue weighted by Crippen LogP contribution is 2.08. The van der Waals surface area contributed by atoms with E-state index >= 15 is 0 Å². The second kappa shape index (κ2) is 9.54. The monoisotopic (exact) mass is 311 g/mol. The Morgan fingerprint density at radius 1 is 1.09 bits per heavy atom. The maximum absolute atomic E-state index is 12.0. The first-order valence-electron chi connectivity index (χ1n) is 7.63. The van der Waals surface area contributed by atoms with Crippen LogP contribution in [0.3, 0.4) is 0 Å². The summed E-state index contributed by atoms with van der Waals surface area (Å²) in [5.41, 5.74) is 2.47. The number of hydrogen-bond donors (Lipinski definition) is 0. The normalized spacial score (nSPS) is 11.3. The Morgan fingerprint density at radius 2 is 1.87 bits per heavy atom. The van der Waals surface area contributed by atoms with Gasteiger partial charge < -0.3 is 9.47 Å². The van der Waals surface area contributed by atoms with E-state index in [4.69, 9.17) is 9.47 Å². The van der Waals surface area contributed by atoms with Crippen molar-refractivity contribution in [3.8, 4) is 0 Å². The lowest BCUT2D eigenvalue weighted by atomic mass is 10.2. The van der Waals surface area contributed by atoms with Gasteiger partial charge in [-0.1, -0.05) is 42.5 Å². The van der Waals surface area contributed by atoms with Gasteiger partial charge in [-0.15, -0.1) is 0 Å². The van der Waals surface area contributed by atoms with Crippen LogP contribution in [0.4, 0.5) is 0 Å². The highest BCUT2D eigenvalue weighted by Gasteiger charge is 2.10. The average molecular weight is 311 g/mol. The maximum atomic E-state index is 12.0. The Balaban J connectivity index is 1.71. The number of carbonyl (C=O) groups excluding carboxylic acids is 1. The Labute approximate surface area is 136 Å². The fraction of sp³-hybridized carbons (Fsp3) is 0.263. The number of aromatic nitrogens is 1. The van der Waals surface area contributed by atoms with Crippen LogP contribution in [0.1, 0.15) is 24.6 Å². The van der Waals surface area contributed by atoms with Gasteiger partial charge in [0.25, 0.3) is 0 Å². The number of pyridine rings is 1. The Hall–Kier alpha value is -2.46. The number of allylic oxidation sites excluding steroid dienone is 1. The molecule has 0 unspecified atom stereocenters. The zero-order chi connectivity index (χ0) is 16.3. The molecule has 0 saturated heterocycles. The number of hydrogen-bond acceptors (Lipinski definition) is 4. The number of benzene rings is 1. The minimum atomic E-state index is -0.318. The van der Waals surface area contributed by atoms with Crippen molar-refractivity contribution in [2.24, 2.45) is 0 Å². The van der Waals surface area contributed by atoms with E-state index in [0.29, 0.717) is 25.2 Å². The number of carbonyl (C=O) groups is 1. The third-order valence-corrected chi connectivity index (χ3v) is 3.32. The van der Waals surface area contributed by atoms with E-state index in [0.717, 1.165) is 11.3 Å². The van der Waals surface area contributed by atoms with E-state index in [1.165, 1.54) is 0 Å². The molecule has 0 atom stereocenters. The molecule has 0 bridgehead atoms. The van der Waals surface area contributed by atoms with Gasteiger partial charge in [0.05, 0.1) is 18.9 Å². The van der Waals surface area contributed by atoms with Gasteiger partial charge in [0.2, 0.25) is 0 Å². The molecule has 0 aliphatic carbocycles. The van der Waals surface area contributed by atoms with Crippen molar-refractivity contribution in [3.05, 3.63) is 77.6 Å². The van der Waals surface area contributed by atoms with Crippen LogP contribution in [-0.2, 0) is 27.5 Å². The second-order valence-corrected chi connectivity index (χ2v) is 5.00. The van der Waals surface area contributed by atoms with E-state index in [1.54, 1.807) is 12.3 Å². The predicted molar refractivity (Wildman–Crippen MR) is 88.5 cm³/mol. The smallest absolute Gasteiger partial charge is 0.334 e. The first-order chi connectivity index (χ1) is 11.3. The molecular weight excluding hydrogens is 290 g/mol. The van der Waals surface area contributed by atoms with Gasteiger partial charge in [-0.25, -0.2) is 4.79 Å². The summed E-state index contributed by atoms with van der Waals surface area (Å²) < 4.78 is 10.9. The van der Waals surface area contributed by atoms with Crippen LogP contribution < -0.4 is 0 Å². The third kappa shape index (κ3) is 6.04. The van der Waals surface area contributed by atoms with Crippen LogP contribution in [0, 0.1) is 0 Å². The third-order valence-electron chi connectivity index (χ3n) is 3.32. The molecule has 0 spiro atoms. The summed E-state index contributed by atoms with van der Waals surface area (Å²) in [5, 5.41) is 0. The zero-order valence-corrected chi connectivity index (χ0v) is 13.3. The SMILES string of the molecule is C/C=C(/CCOCc1ccccc1)C(=O)OCc1ccccn1. The van der Waals surface area contributed by atoms with Gasteiger partial charge >= 0.3 is 5.97 Å². The summed E-state index contributed by atoms with van der Waals surface area (Å²) in [5.74, 6) is -0.318. The summed E-state index contributed by atoms with van der Waals surface area (Å²) in [4.78, 5) is 16.2. The minimum absolute atomic E-state index is 0.182. The van der Waals surface area contributed by atoms with Crippen LogP contribution in [0.5, 0.6) is 0 Å². The van der Waals surface area contributed by atoms with Gasteiger partial charge in [0, 0.05) is 18.2 Å². The van der Waals surface area contributed by atoms with Crippen molar-refractivity contribution >= 4 is 5.97 Å². The van der Waals surface area contributed by atoms with Crippen molar-refractivity contribution in [1.29, 1.82) is 0 Å². The van der Waals surface area contributed by atoms with Gasteiger partial charge in [-0.3, -0.25) is 4.98 Å². The molecule has 0 fully saturated rings. The lowest BCUT2D eigenvalue weighted by Gasteiger charge is -2.08. The Morgan fingerprint density at radius 3 is 2.57 bits per heavy atom. The minimum Gasteiger partial charge on any atom is -0.456 e. The molecule has 2 aromatic rings. The van der Waals surface area contributed by atoms with Gasteiger partial charge in [-0.05, 0) is 24.6 Å². The first-order valence-corrected chi connectivity index (χ1v) is 7.63. The fourth-order valence-electron chi connectivity index (χ4n) is 2.03. The maximum Gasteiger partial charge on any atom is 0.334 e. The van der Waals surface area contributed by atoms with Crippen molar-refractivity contribution in [1.82, 2.24) is 4.98 Å². The molecule has 0 saturated carbocycles. The van der Waals surface area contributed by atoms with Crippen molar-refractivity contribution in [3.63, 3.8) is 0 Å². The lowest BCUT2D eigenvalue weighted by molar-refractivity contribution is -0.140. The largest absolute Gasteiger partial charge is 0.456 e. The molecule has 0 aliphatic rings. The Bertz CT molecular complexity index is 624. The molecule has 1 aromatic carbocycles. The first kappa shape index (κ1) is 16.9. The van der Waals surface area contributed by atoms with E-state index in [-0.39, 0.29) is 12.6 Å². The van der Waals surface area contributed by atoms with Crippen molar-refractivity contribution in [2.75, 3.05) is 6.61 Å². The van der Waals surface area contributed by atoms with Crippen LogP contribution in [0.25, 0.3) is 0 Å². The molecule has 0 radical (unpaired) electrons. The van der Waals surface area contributed by atoms with Crippen LogP contribution in [-0.4, -0.2) is 17.6 Å². The van der Waals surface area contributed by atoms with Crippen molar-refractivity contribution in [2.45, 2.75) is 26.6 Å². The van der Waals surface area contributed by atoms with E-state index in [1.807, 2.05) is 55.5 Å². The topological polar surface area (TPSA) is 48.4 Å². The number of nitrogens with zero attached hydrogens (tertiary/aromatic N) is 1. The number of ether oxygens (including phenoxy) is 2. The molecule has 0 N–H and O–H groups in total. The van der Waals surface area contributed by atoms with Gasteiger partial charge in [-0.2, -0.15) is 0 Å². The highest BCUT2D eigenvalue weighted by atomic mass is 16.5. The van der Waals surface area contributed by atoms with Crippen molar-refractivity contribution < 1.29 is 14.3 Å². The molecule has 4 nitrogen and oxygen atoms in total. The lowest BCUT2D eigenvalue weighted by Crippen LogP contribution is -2.10. The predicted octanol–water partition coefficient (Wildman–Crippen LogP) is 3.68. The summed E-state index contributed by atoms with van der Waals surface area (Å²) in [7, 11) is 0. The molecule has 0 amide bonds. The van der Waals surface area contributed by atoms with E-state index < -0.39 is 0 Å². The summed E-state index contributed by atoms with van der Waals surface area (Å²) in [6, 6.07) is 15.5. The highest BCUT2D eigenvalue weighted by molar-refractivity contribution is 5.88. The molecule has 0 aliphatic heterocycles. The number of esters is 1. The second-order valence-electron chi connectivity index (χ2n) is 5.00. The van der Waals surface area contributed by atoms with Gasteiger partial charge in [0.15, 0.2) is 0 Å². The molecule has 1 aromatic heterocycles. The number of rotatable bonds is 8. The standard InChI is InChI=1S/C19H21NO3/c1-2-17(11-13-22-14-16-8-4-3-5-9-16)19(21)23-15-18-10-6-7-12-20-18/h2-10,12H,11,13-15H2,1H3/b17-2-. The van der Waals surface area contributed by atoms with Crippen LogP contribution in [0.2, 0.25) is 0 Å². The quantitative estimate of drug-likeness (QED) is 0.424. The molecule has 1 heterocycles. The summed E-state index contributed by atoms with van der Waals surface area (Å²) in [6.45, 7) is 3.03. The average Bonchev–Trinajstić information content (AvgIpc) is 2.61. The van der Waals surface area contributed by atoms with E-state index in [9.17, 15) is 4.79 Å².